The Labute approximate surface area is 102 Å². The van der Waals surface area contributed by atoms with E-state index in [4.69, 9.17) is 4.74 Å². The van der Waals surface area contributed by atoms with Crippen LogP contribution in [-0.2, 0) is 9.53 Å². The van der Waals surface area contributed by atoms with Crippen LogP contribution >= 0.6 is 0 Å². The van der Waals surface area contributed by atoms with E-state index in [0.717, 1.165) is 5.56 Å². The van der Waals surface area contributed by atoms with E-state index in [1.807, 2.05) is 18.2 Å². The molecule has 0 aliphatic heterocycles. The zero-order chi connectivity index (χ0) is 12.6. The largest absolute Gasteiger partial charge is 0.453 e. The first kappa shape index (κ1) is 11.9. The van der Waals surface area contributed by atoms with Gasteiger partial charge in [0.1, 0.15) is 6.10 Å². The molecule has 0 fully saturated rings. The van der Waals surface area contributed by atoms with Crippen molar-refractivity contribution in [1.82, 2.24) is 0 Å². The van der Waals surface area contributed by atoms with E-state index in [2.05, 4.69) is 32.9 Å². The standard InChI is InChI=1S/C15H18O2/c1-10(16)17-14-9-13(15(2,3)4)11-7-5-6-8-12(11)14/h5-9,14H,1-4H3. The number of benzene rings is 1. The van der Waals surface area contributed by atoms with Gasteiger partial charge in [0.15, 0.2) is 0 Å². The van der Waals surface area contributed by atoms with Gasteiger partial charge in [-0.1, -0.05) is 45.0 Å². The van der Waals surface area contributed by atoms with Gasteiger partial charge < -0.3 is 4.74 Å². The summed E-state index contributed by atoms with van der Waals surface area (Å²) in [5.41, 5.74) is 3.60. The predicted molar refractivity (Wildman–Crippen MR) is 68.4 cm³/mol. The molecule has 0 bridgehead atoms. The Bertz CT molecular complexity index is 478. The van der Waals surface area contributed by atoms with Gasteiger partial charge >= 0.3 is 5.97 Å². The number of hydrogen-bond acceptors (Lipinski definition) is 2. The van der Waals surface area contributed by atoms with Crippen molar-refractivity contribution in [3.8, 4) is 0 Å². The van der Waals surface area contributed by atoms with Crippen molar-refractivity contribution in [2.45, 2.75) is 33.8 Å². The third-order valence-electron chi connectivity index (χ3n) is 2.98. The van der Waals surface area contributed by atoms with E-state index in [9.17, 15) is 4.79 Å². The first-order valence-electron chi connectivity index (χ1n) is 5.88. The lowest BCUT2D eigenvalue weighted by Gasteiger charge is -2.21. The van der Waals surface area contributed by atoms with Crippen molar-refractivity contribution < 1.29 is 9.53 Å². The third kappa shape index (κ3) is 2.26. The van der Waals surface area contributed by atoms with E-state index in [1.54, 1.807) is 0 Å². The molecule has 1 unspecified atom stereocenters. The Hall–Kier alpha value is -1.57. The van der Waals surface area contributed by atoms with Crippen LogP contribution in [0.3, 0.4) is 0 Å². The number of ether oxygens (including phenoxy) is 1. The van der Waals surface area contributed by atoms with Crippen LogP contribution < -0.4 is 0 Å². The lowest BCUT2D eigenvalue weighted by molar-refractivity contribution is -0.144. The number of rotatable bonds is 1. The van der Waals surface area contributed by atoms with Gasteiger partial charge in [-0.2, -0.15) is 0 Å². The molecule has 90 valence electrons. The first-order valence-corrected chi connectivity index (χ1v) is 5.88. The molecule has 1 aromatic carbocycles. The van der Waals surface area contributed by atoms with Crippen LogP contribution in [0, 0.1) is 5.41 Å². The molecule has 1 atom stereocenters. The van der Waals surface area contributed by atoms with E-state index >= 15 is 0 Å². The molecule has 1 aliphatic carbocycles. The third-order valence-corrected chi connectivity index (χ3v) is 2.98. The van der Waals surface area contributed by atoms with Gasteiger partial charge in [0.05, 0.1) is 0 Å². The normalized spacial score (nSPS) is 18.6. The second kappa shape index (κ2) is 4.02. The van der Waals surface area contributed by atoms with Crippen molar-refractivity contribution in [2.75, 3.05) is 0 Å². The molecular formula is C15H18O2. The van der Waals surface area contributed by atoms with Crippen molar-refractivity contribution in [3.63, 3.8) is 0 Å². The number of hydrogen-bond donors (Lipinski definition) is 0. The Kier molecular flexibility index (Phi) is 2.82. The zero-order valence-corrected chi connectivity index (χ0v) is 10.8. The zero-order valence-electron chi connectivity index (χ0n) is 10.8. The summed E-state index contributed by atoms with van der Waals surface area (Å²) >= 11 is 0. The van der Waals surface area contributed by atoms with Gasteiger partial charge in [-0.15, -0.1) is 0 Å². The highest BCUT2D eigenvalue weighted by molar-refractivity contribution is 5.78. The first-order chi connectivity index (χ1) is 7.89. The van der Waals surface area contributed by atoms with Gasteiger partial charge in [0.25, 0.3) is 0 Å². The smallest absolute Gasteiger partial charge is 0.303 e. The van der Waals surface area contributed by atoms with E-state index in [1.165, 1.54) is 18.1 Å². The van der Waals surface area contributed by atoms with Crippen LogP contribution in [0.15, 0.2) is 30.3 Å². The number of carbonyl (C=O) groups is 1. The van der Waals surface area contributed by atoms with Gasteiger partial charge in [0, 0.05) is 12.5 Å². The Morgan fingerprint density at radius 3 is 2.47 bits per heavy atom. The number of allylic oxidation sites excluding steroid dienone is 1. The molecule has 0 saturated heterocycles. The fraction of sp³-hybridized carbons (Fsp3) is 0.400. The molecule has 0 radical (unpaired) electrons. The summed E-state index contributed by atoms with van der Waals surface area (Å²) in [5, 5.41) is 0. The molecule has 1 aromatic rings. The van der Waals surface area contributed by atoms with Crippen molar-refractivity contribution in [1.29, 1.82) is 0 Å². The minimum absolute atomic E-state index is 0.0605. The Balaban J connectivity index is 2.46. The summed E-state index contributed by atoms with van der Waals surface area (Å²) in [6.07, 6.45) is 1.84. The van der Waals surface area contributed by atoms with E-state index < -0.39 is 0 Å². The minimum atomic E-state index is -0.240. The van der Waals surface area contributed by atoms with Crippen molar-refractivity contribution in [2.24, 2.45) is 5.41 Å². The molecule has 17 heavy (non-hydrogen) atoms. The average molecular weight is 230 g/mol. The summed E-state index contributed by atoms with van der Waals surface area (Å²) in [4.78, 5) is 11.1. The summed E-state index contributed by atoms with van der Waals surface area (Å²) in [6, 6.07) is 8.12. The quantitative estimate of drug-likeness (QED) is 0.687. The lowest BCUT2D eigenvalue weighted by Crippen LogP contribution is -2.06. The monoisotopic (exact) mass is 230 g/mol. The highest BCUT2D eigenvalue weighted by atomic mass is 16.5. The molecule has 2 rings (SSSR count). The highest BCUT2D eigenvalue weighted by Crippen LogP contribution is 2.45. The molecule has 0 heterocycles. The average Bonchev–Trinajstić information content (AvgIpc) is 2.56. The Morgan fingerprint density at radius 1 is 1.24 bits per heavy atom. The van der Waals surface area contributed by atoms with Crippen molar-refractivity contribution in [3.05, 3.63) is 41.5 Å². The predicted octanol–water partition coefficient (Wildman–Crippen LogP) is 3.73. The SMILES string of the molecule is CC(=O)OC1C=C(C(C)(C)C)c2ccccc21. The second-order valence-corrected chi connectivity index (χ2v) is 5.45. The molecule has 0 N–H and O–H groups in total. The number of esters is 1. The maximum atomic E-state index is 11.1. The molecule has 0 amide bonds. The second-order valence-electron chi connectivity index (χ2n) is 5.45. The molecule has 2 nitrogen and oxygen atoms in total. The lowest BCUT2D eigenvalue weighted by atomic mass is 9.83. The molecule has 0 aromatic heterocycles. The van der Waals surface area contributed by atoms with Gasteiger partial charge in [-0.25, -0.2) is 0 Å². The van der Waals surface area contributed by atoms with Crippen LogP contribution in [0.5, 0.6) is 0 Å². The van der Waals surface area contributed by atoms with Crippen LogP contribution in [0.4, 0.5) is 0 Å². The Morgan fingerprint density at radius 2 is 1.88 bits per heavy atom. The summed E-state index contributed by atoms with van der Waals surface area (Å²) < 4.78 is 5.35. The molecule has 2 heteroatoms. The molecular weight excluding hydrogens is 212 g/mol. The van der Waals surface area contributed by atoms with Crippen molar-refractivity contribution >= 4 is 11.5 Å². The highest BCUT2D eigenvalue weighted by Gasteiger charge is 2.30. The van der Waals surface area contributed by atoms with Crippen LogP contribution in [-0.4, -0.2) is 5.97 Å². The number of carbonyl (C=O) groups excluding carboxylic acids is 1. The van der Waals surface area contributed by atoms with Crippen LogP contribution in [0.2, 0.25) is 0 Å². The summed E-state index contributed by atoms with van der Waals surface area (Å²) in [7, 11) is 0. The van der Waals surface area contributed by atoms with Gasteiger partial charge in [-0.3, -0.25) is 4.79 Å². The maximum absolute atomic E-state index is 11.1. The fourth-order valence-corrected chi connectivity index (χ4v) is 2.25. The molecule has 0 saturated carbocycles. The summed E-state index contributed by atoms with van der Waals surface area (Å²) in [6.45, 7) is 7.97. The van der Waals surface area contributed by atoms with Gasteiger partial charge in [0.2, 0.25) is 0 Å². The number of fused-ring (bicyclic) bond motifs is 1. The van der Waals surface area contributed by atoms with Gasteiger partial charge in [-0.05, 0) is 22.6 Å². The maximum Gasteiger partial charge on any atom is 0.303 e. The van der Waals surface area contributed by atoms with E-state index in [-0.39, 0.29) is 17.5 Å². The topological polar surface area (TPSA) is 26.3 Å². The van der Waals surface area contributed by atoms with Crippen LogP contribution in [0.25, 0.3) is 5.57 Å². The van der Waals surface area contributed by atoms with Crippen LogP contribution in [0.1, 0.15) is 44.9 Å². The molecule has 1 aliphatic rings. The fourth-order valence-electron chi connectivity index (χ4n) is 2.25. The minimum Gasteiger partial charge on any atom is -0.453 e. The summed E-state index contributed by atoms with van der Waals surface area (Å²) in [5.74, 6) is -0.240. The molecule has 0 spiro atoms. The van der Waals surface area contributed by atoms with E-state index in [0.29, 0.717) is 0 Å².